The number of rotatable bonds is 3. The van der Waals surface area contributed by atoms with Gasteiger partial charge in [0.15, 0.2) is 5.69 Å². The maximum Gasteiger partial charge on any atom is 0.275 e. The molecule has 0 saturated carbocycles. The molecule has 1 N–H and O–H groups in total. The summed E-state index contributed by atoms with van der Waals surface area (Å²) in [6.07, 6.45) is 3.56. The van der Waals surface area contributed by atoms with Gasteiger partial charge in [0.05, 0.1) is 17.9 Å². The second-order valence-electron chi connectivity index (χ2n) is 4.33. The van der Waals surface area contributed by atoms with E-state index in [4.69, 9.17) is 0 Å². The molecule has 1 aliphatic heterocycles. The van der Waals surface area contributed by atoms with Gasteiger partial charge in [0.2, 0.25) is 0 Å². The Balaban J connectivity index is 2.12. The van der Waals surface area contributed by atoms with Crippen LogP contribution in [0.15, 0.2) is 6.20 Å². The number of piperazine rings is 1. The number of nitrogens with one attached hydrogen (secondary N) is 1. The molecule has 0 aromatic carbocycles. The van der Waals surface area contributed by atoms with Crippen LogP contribution in [0, 0.1) is 0 Å². The largest absolute Gasteiger partial charge is 0.331 e. The van der Waals surface area contributed by atoms with E-state index in [1.54, 1.807) is 6.20 Å². The molecule has 1 aliphatic rings. The summed E-state index contributed by atoms with van der Waals surface area (Å²) in [5.41, 5.74) is 0.477. The van der Waals surface area contributed by atoms with Crippen molar-refractivity contribution >= 4 is 17.6 Å². The third kappa shape index (κ3) is 2.63. The van der Waals surface area contributed by atoms with E-state index in [0.717, 1.165) is 37.7 Å². The first-order valence-corrected chi connectivity index (χ1v) is 6.81. The van der Waals surface area contributed by atoms with Gasteiger partial charge in [0, 0.05) is 25.2 Å². The highest BCUT2D eigenvalue weighted by Crippen LogP contribution is 2.15. The SMILES string of the molecule is CCC1CN(C(=O)c2cnsn2)C(CC)CN1. The fourth-order valence-electron chi connectivity index (χ4n) is 2.16. The first-order chi connectivity index (χ1) is 8.26. The average molecular weight is 254 g/mol. The van der Waals surface area contributed by atoms with E-state index in [1.165, 1.54) is 0 Å². The van der Waals surface area contributed by atoms with Crippen LogP contribution in [-0.2, 0) is 0 Å². The first-order valence-electron chi connectivity index (χ1n) is 6.08. The molecule has 0 bridgehead atoms. The lowest BCUT2D eigenvalue weighted by molar-refractivity contribution is 0.0571. The van der Waals surface area contributed by atoms with Gasteiger partial charge in [-0.2, -0.15) is 8.75 Å². The summed E-state index contributed by atoms with van der Waals surface area (Å²) >= 11 is 1.08. The Morgan fingerprint density at radius 2 is 2.41 bits per heavy atom. The molecule has 2 unspecified atom stereocenters. The molecule has 0 radical (unpaired) electrons. The van der Waals surface area contributed by atoms with Crippen LogP contribution in [-0.4, -0.2) is 44.7 Å². The lowest BCUT2D eigenvalue weighted by atomic mass is 10.0. The van der Waals surface area contributed by atoms with E-state index in [1.807, 2.05) is 4.90 Å². The monoisotopic (exact) mass is 254 g/mol. The number of aromatic nitrogens is 2. The number of amides is 1. The van der Waals surface area contributed by atoms with Gasteiger partial charge in [-0.05, 0) is 12.8 Å². The number of carbonyl (C=O) groups is 1. The molecular weight excluding hydrogens is 236 g/mol. The van der Waals surface area contributed by atoms with Crippen LogP contribution < -0.4 is 5.32 Å². The Hall–Kier alpha value is -1.01. The van der Waals surface area contributed by atoms with Crippen LogP contribution in [0.5, 0.6) is 0 Å². The molecule has 1 saturated heterocycles. The van der Waals surface area contributed by atoms with Crippen LogP contribution >= 0.6 is 11.7 Å². The fraction of sp³-hybridized carbons (Fsp3) is 0.727. The summed E-state index contributed by atoms with van der Waals surface area (Å²) in [5.74, 6) is 0.0190. The summed E-state index contributed by atoms with van der Waals surface area (Å²) in [6.45, 7) is 5.89. The minimum absolute atomic E-state index is 0.0190. The molecule has 17 heavy (non-hydrogen) atoms. The predicted octanol–water partition coefficient (Wildman–Crippen LogP) is 1.14. The molecule has 1 fully saturated rings. The third-order valence-corrected chi connectivity index (χ3v) is 3.78. The van der Waals surface area contributed by atoms with Crippen molar-refractivity contribution in [2.45, 2.75) is 38.8 Å². The zero-order valence-electron chi connectivity index (χ0n) is 10.2. The van der Waals surface area contributed by atoms with Gasteiger partial charge in [-0.1, -0.05) is 13.8 Å². The molecule has 1 aromatic heterocycles. The van der Waals surface area contributed by atoms with Crippen LogP contribution in [0.25, 0.3) is 0 Å². The second kappa shape index (κ2) is 5.55. The maximum absolute atomic E-state index is 12.3. The summed E-state index contributed by atoms with van der Waals surface area (Å²) in [5, 5.41) is 3.47. The van der Waals surface area contributed by atoms with E-state index < -0.39 is 0 Å². The Bertz CT molecular complexity index is 368. The van der Waals surface area contributed by atoms with Crippen molar-refractivity contribution in [2.24, 2.45) is 0 Å². The normalized spacial score (nSPS) is 24.9. The lowest BCUT2D eigenvalue weighted by Crippen LogP contribution is -2.57. The van der Waals surface area contributed by atoms with Gasteiger partial charge < -0.3 is 10.2 Å². The molecule has 2 rings (SSSR count). The molecule has 1 aromatic rings. The number of hydrogen-bond acceptors (Lipinski definition) is 5. The quantitative estimate of drug-likeness (QED) is 0.879. The Morgan fingerprint density at radius 1 is 1.59 bits per heavy atom. The van der Waals surface area contributed by atoms with Crippen LogP contribution in [0.4, 0.5) is 0 Å². The van der Waals surface area contributed by atoms with E-state index in [0.29, 0.717) is 11.7 Å². The Labute approximate surface area is 106 Å². The highest BCUT2D eigenvalue weighted by atomic mass is 32.1. The van der Waals surface area contributed by atoms with Gasteiger partial charge in [-0.25, -0.2) is 0 Å². The molecule has 94 valence electrons. The Kier molecular flexibility index (Phi) is 4.06. The fourth-order valence-corrected chi connectivity index (χ4v) is 2.56. The molecule has 0 aliphatic carbocycles. The van der Waals surface area contributed by atoms with Crippen LogP contribution in [0.3, 0.4) is 0 Å². The van der Waals surface area contributed by atoms with E-state index in [-0.39, 0.29) is 11.9 Å². The van der Waals surface area contributed by atoms with Crippen molar-refractivity contribution in [2.75, 3.05) is 13.1 Å². The predicted molar refractivity (Wildman–Crippen MR) is 67.1 cm³/mol. The van der Waals surface area contributed by atoms with E-state index >= 15 is 0 Å². The summed E-state index contributed by atoms with van der Waals surface area (Å²) < 4.78 is 7.93. The zero-order chi connectivity index (χ0) is 12.3. The number of hydrogen-bond donors (Lipinski definition) is 1. The van der Waals surface area contributed by atoms with Gasteiger partial charge in [-0.15, -0.1) is 0 Å². The third-order valence-electron chi connectivity index (χ3n) is 3.31. The molecule has 2 heterocycles. The molecule has 6 heteroatoms. The van der Waals surface area contributed by atoms with Gasteiger partial charge in [-0.3, -0.25) is 4.79 Å². The van der Waals surface area contributed by atoms with E-state index in [9.17, 15) is 4.79 Å². The van der Waals surface area contributed by atoms with E-state index in [2.05, 4.69) is 27.9 Å². The highest BCUT2D eigenvalue weighted by Gasteiger charge is 2.30. The first kappa shape index (κ1) is 12.4. The van der Waals surface area contributed by atoms with Crippen molar-refractivity contribution in [3.63, 3.8) is 0 Å². The van der Waals surface area contributed by atoms with Crippen LogP contribution in [0.1, 0.15) is 37.2 Å². The van der Waals surface area contributed by atoms with Crippen molar-refractivity contribution < 1.29 is 4.79 Å². The summed E-state index contributed by atoms with van der Waals surface area (Å²) in [6, 6.07) is 0.667. The molecule has 2 atom stereocenters. The van der Waals surface area contributed by atoms with Crippen molar-refractivity contribution in [3.8, 4) is 0 Å². The smallest absolute Gasteiger partial charge is 0.275 e. The number of nitrogens with zero attached hydrogens (tertiary/aromatic N) is 3. The minimum Gasteiger partial charge on any atom is -0.331 e. The molecule has 5 nitrogen and oxygen atoms in total. The standard InChI is InChI=1S/C11H18N4OS/c1-3-8-7-15(9(4-2)5-12-8)11(16)10-6-13-17-14-10/h6,8-9,12H,3-5,7H2,1-2H3. The topological polar surface area (TPSA) is 58.1 Å². The van der Waals surface area contributed by atoms with Gasteiger partial charge >= 0.3 is 0 Å². The summed E-state index contributed by atoms with van der Waals surface area (Å²) in [7, 11) is 0. The number of carbonyl (C=O) groups excluding carboxylic acids is 1. The second-order valence-corrected chi connectivity index (χ2v) is 4.88. The van der Waals surface area contributed by atoms with Crippen LogP contribution in [0.2, 0.25) is 0 Å². The molecule has 1 amide bonds. The average Bonchev–Trinajstić information content (AvgIpc) is 2.91. The lowest BCUT2D eigenvalue weighted by Gasteiger charge is -2.39. The molecular formula is C11H18N4OS. The van der Waals surface area contributed by atoms with Gasteiger partial charge in [0.25, 0.3) is 5.91 Å². The van der Waals surface area contributed by atoms with Crippen molar-refractivity contribution in [3.05, 3.63) is 11.9 Å². The highest BCUT2D eigenvalue weighted by molar-refractivity contribution is 6.99. The van der Waals surface area contributed by atoms with Crippen molar-refractivity contribution in [1.29, 1.82) is 0 Å². The zero-order valence-corrected chi connectivity index (χ0v) is 11.0. The molecule has 0 spiro atoms. The maximum atomic E-state index is 12.3. The van der Waals surface area contributed by atoms with Gasteiger partial charge in [0.1, 0.15) is 0 Å². The minimum atomic E-state index is 0.0190. The summed E-state index contributed by atoms with van der Waals surface area (Å²) in [4.78, 5) is 14.2. The van der Waals surface area contributed by atoms with Crippen molar-refractivity contribution in [1.82, 2.24) is 19.0 Å². The Morgan fingerprint density at radius 3 is 3.00 bits per heavy atom.